The Morgan fingerprint density at radius 2 is 1.20 bits per heavy atom. The Kier molecular flexibility index (Phi) is 7.82. The molecule has 0 atom stereocenters. The summed E-state index contributed by atoms with van der Waals surface area (Å²) in [5.74, 6) is -1.07. The molecule has 0 aromatic heterocycles. The van der Waals surface area contributed by atoms with Crippen LogP contribution in [-0.2, 0) is 9.59 Å². The molecular weight excluding hydrogens is 396 g/mol. The van der Waals surface area contributed by atoms with Crippen LogP contribution in [-0.4, -0.2) is 34.1 Å². The van der Waals surface area contributed by atoms with Gasteiger partial charge in [-0.05, 0) is 0 Å². The van der Waals surface area contributed by atoms with Gasteiger partial charge >= 0.3 is 0 Å². The molecular formula is C18H16N6O6. The van der Waals surface area contributed by atoms with E-state index in [9.17, 15) is 29.8 Å². The van der Waals surface area contributed by atoms with Crippen LogP contribution in [0.15, 0.2) is 58.7 Å². The molecule has 12 nitrogen and oxygen atoms in total. The van der Waals surface area contributed by atoms with Gasteiger partial charge in [0, 0.05) is 48.2 Å². The standard InChI is InChI=1S/C18H16N6O6/c25-17(21-19-11-13-3-1-5-15(9-13)23(27)28)7-8-18(26)22-20-12-14-4-2-6-16(10-14)24(29)30/h1-6,9-12H,7-8H2,(H,21,25)(H,22,26)/b19-11+,20-12+. The van der Waals surface area contributed by atoms with E-state index in [-0.39, 0.29) is 24.2 Å². The summed E-state index contributed by atoms with van der Waals surface area (Å²) < 4.78 is 0. The van der Waals surface area contributed by atoms with Crippen molar-refractivity contribution in [3.63, 3.8) is 0 Å². The van der Waals surface area contributed by atoms with Gasteiger partial charge in [0.25, 0.3) is 11.4 Å². The van der Waals surface area contributed by atoms with E-state index in [2.05, 4.69) is 21.1 Å². The molecule has 0 unspecified atom stereocenters. The second-order valence-corrected chi connectivity index (χ2v) is 5.79. The zero-order valence-electron chi connectivity index (χ0n) is 15.4. The van der Waals surface area contributed by atoms with Crippen LogP contribution in [0.25, 0.3) is 0 Å². The van der Waals surface area contributed by atoms with Crippen LogP contribution in [0, 0.1) is 20.2 Å². The number of hydrazone groups is 2. The first kappa shape index (κ1) is 21.8. The summed E-state index contributed by atoms with van der Waals surface area (Å²) in [4.78, 5) is 43.7. The summed E-state index contributed by atoms with van der Waals surface area (Å²) in [6, 6.07) is 11.4. The maximum Gasteiger partial charge on any atom is 0.270 e. The van der Waals surface area contributed by atoms with Crippen molar-refractivity contribution in [1.29, 1.82) is 0 Å². The normalized spacial score (nSPS) is 10.8. The van der Waals surface area contributed by atoms with E-state index in [1.165, 1.54) is 48.8 Å². The Hall–Kier alpha value is -4.48. The summed E-state index contributed by atoms with van der Waals surface area (Å²) in [6.45, 7) is 0. The second-order valence-electron chi connectivity index (χ2n) is 5.79. The molecule has 0 bridgehead atoms. The smallest absolute Gasteiger partial charge is 0.270 e. The molecule has 0 spiro atoms. The molecule has 30 heavy (non-hydrogen) atoms. The average Bonchev–Trinajstić information content (AvgIpc) is 2.72. The van der Waals surface area contributed by atoms with Crippen LogP contribution in [0.5, 0.6) is 0 Å². The third-order valence-corrected chi connectivity index (χ3v) is 3.55. The number of carbonyl (C=O) groups is 2. The highest BCUT2D eigenvalue weighted by Crippen LogP contribution is 2.12. The molecule has 12 heteroatoms. The van der Waals surface area contributed by atoms with Crippen molar-refractivity contribution in [3.8, 4) is 0 Å². The fraction of sp³-hybridized carbons (Fsp3) is 0.111. The minimum absolute atomic E-state index is 0.104. The minimum Gasteiger partial charge on any atom is -0.273 e. The van der Waals surface area contributed by atoms with Crippen LogP contribution in [0.3, 0.4) is 0 Å². The maximum absolute atomic E-state index is 11.7. The number of nitrogens with one attached hydrogen (secondary N) is 2. The lowest BCUT2D eigenvalue weighted by molar-refractivity contribution is -0.385. The summed E-state index contributed by atoms with van der Waals surface area (Å²) in [7, 11) is 0. The molecule has 0 saturated heterocycles. The van der Waals surface area contributed by atoms with Gasteiger partial charge in [-0.2, -0.15) is 10.2 Å². The van der Waals surface area contributed by atoms with Crippen LogP contribution >= 0.6 is 0 Å². The second kappa shape index (κ2) is 10.8. The number of nitro groups is 2. The van der Waals surface area contributed by atoms with Gasteiger partial charge in [-0.15, -0.1) is 0 Å². The van der Waals surface area contributed by atoms with E-state index >= 15 is 0 Å². The molecule has 0 heterocycles. The quantitative estimate of drug-likeness (QED) is 0.362. The molecule has 2 aromatic rings. The third kappa shape index (κ3) is 7.26. The third-order valence-electron chi connectivity index (χ3n) is 3.55. The monoisotopic (exact) mass is 412 g/mol. The first-order chi connectivity index (χ1) is 14.3. The lowest BCUT2D eigenvalue weighted by Gasteiger charge is -2.00. The molecule has 154 valence electrons. The average molecular weight is 412 g/mol. The van der Waals surface area contributed by atoms with Gasteiger partial charge in [0.15, 0.2) is 0 Å². The highest BCUT2D eigenvalue weighted by molar-refractivity contribution is 5.86. The zero-order valence-corrected chi connectivity index (χ0v) is 15.4. The molecule has 2 N–H and O–H groups in total. The Balaban J connectivity index is 1.74. The number of benzene rings is 2. The molecule has 2 rings (SSSR count). The minimum atomic E-state index is -0.546. The van der Waals surface area contributed by atoms with E-state index in [1.54, 1.807) is 12.1 Å². The molecule has 0 aliphatic carbocycles. The summed E-state index contributed by atoms with van der Waals surface area (Å²) >= 11 is 0. The van der Waals surface area contributed by atoms with E-state index in [0.29, 0.717) is 11.1 Å². The van der Waals surface area contributed by atoms with Crippen LogP contribution < -0.4 is 10.9 Å². The van der Waals surface area contributed by atoms with Crippen molar-refractivity contribution in [1.82, 2.24) is 10.9 Å². The Morgan fingerprint density at radius 3 is 1.57 bits per heavy atom. The zero-order chi connectivity index (χ0) is 21.9. The molecule has 0 saturated carbocycles. The topological polar surface area (TPSA) is 169 Å². The highest BCUT2D eigenvalue weighted by Gasteiger charge is 2.07. The lowest BCUT2D eigenvalue weighted by atomic mass is 10.2. The highest BCUT2D eigenvalue weighted by atomic mass is 16.6. The predicted octanol–water partition coefficient (Wildman–Crippen LogP) is 1.88. The van der Waals surface area contributed by atoms with Gasteiger partial charge in [-0.1, -0.05) is 24.3 Å². The number of carbonyl (C=O) groups excluding carboxylic acids is 2. The summed E-state index contributed by atoms with van der Waals surface area (Å²) in [5, 5.41) is 28.8. The molecule has 0 aliphatic heterocycles. The van der Waals surface area contributed by atoms with Crippen molar-refractivity contribution in [2.75, 3.05) is 0 Å². The fourth-order valence-electron chi connectivity index (χ4n) is 2.13. The number of hydrogen-bond acceptors (Lipinski definition) is 8. The number of nitro benzene ring substituents is 2. The van der Waals surface area contributed by atoms with E-state index in [1.807, 2.05) is 0 Å². The van der Waals surface area contributed by atoms with Crippen LogP contribution in [0.4, 0.5) is 11.4 Å². The van der Waals surface area contributed by atoms with Crippen molar-refractivity contribution >= 4 is 35.6 Å². The van der Waals surface area contributed by atoms with Crippen molar-refractivity contribution in [3.05, 3.63) is 79.9 Å². The van der Waals surface area contributed by atoms with Crippen molar-refractivity contribution in [2.24, 2.45) is 10.2 Å². The number of rotatable bonds is 9. The van der Waals surface area contributed by atoms with Gasteiger partial charge < -0.3 is 0 Å². The molecule has 2 aromatic carbocycles. The largest absolute Gasteiger partial charge is 0.273 e. The summed E-state index contributed by atoms with van der Waals surface area (Å²) in [6.07, 6.45) is 2.16. The number of hydrogen-bond donors (Lipinski definition) is 2. The molecule has 0 radical (unpaired) electrons. The number of nitrogens with zero attached hydrogens (tertiary/aromatic N) is 4. The van der Waals surface area contributed by atoms with E-state index in [0.717, 1.165) is 0 Å². The molecule has 0 aliphatic rings. The predicted molar refractivity (Wildman–Crippen MR) is 107 cm³/mol. The summed E-state index contributed by atoms with van der Waals surface area (Å²) in [5.41, 5.74) is 5.07. The van der Waals surface area contributed by atoms with Gasteiger partial charge in [0.2, 0.25) is 11.8 Å². The van der Waals surface area contributed by atoms with Crippen molar-refractivity contribution in [2.45, 2.75) is 12.8 Å². The Morgan fingerprint density at radius 1 is 0.800 bits per heavy atom. The molecule has 0 fully saturated rings. The van der Waals surface area contributed by atoms with Gasteiger partial charge in [0.1, 0.15) is 0 Å². The van der Waals surface area contributed by atoms with Gasteiger partial charge in [0.05, 0.1) is 22.3 Å². The van der Waals surface area contributed by atoms with Crippen LogP contribution in [0.2, 0.25) is 0 Å². The van der Waals surface area contributed by atoms with Crippen LogP contribution in [0.1, 0.15) is 24.0 Å². The Bertz CT molecular complexity index is 938. The fourth-order valence-corrected chi connectivity index (χ4v) is 2.13. The SMILES string of the molecule is O=C(CCC(=O)N/N=C/c1cccc([N+](=O)[O-])c1)N/N=C/c1cccc([N+](=O)[O-])c1. The molecule has 2 amide bonds. The van der Waals surface area contributed by atoms with Gasteiger partial charge in [-0.25, -0.2) is 10.9 Å². The first-order valence-electron chi connectivity index (χ1n) is 8.48. The first-order valence-corrected chi connectivity index (χ1v) is 8.48. The van der Waals surface area contributed by atoms with Gasteiger partial charge in [-0.3, -0.25) is 29.8 Å². The van der Waals surface area contributed by atoms with E-state index in [4.69, 9.17) is 0 Å². The number of amides is 2. The Labute approximate surface area is 169 Å². The maximum atomic E-state index is 11.7. The van der Waals surface area contributed by atoms with Crippen molar-refractivity contribution < 1.29 is 19.4 Å². The number of non-ortho nitro benzene ring substituents is 2. The van der Waals surface area contributed by atoms with E-state index < -0.39 is 21.7 Å². The lowest BCUT2D eigenvalue weighted by Crippen LogP contribution is -2.22.